The monoisotopic (exact) mass is 303 g/mol. The van der Waals surface area contributed by atoms with Crippen LogP contribution in [-0.4, -0.2) is 62.8 Å². The molecule has 0 aliphatic carbocycles. The molecule has 0 bridgehead atoms. The van der Waals surface area contributed by atoms with Gasteiger partial charge >= 0.3 is 5.69 Å². The molecule has 0 aromatic carbocycles. The van der Waals surface area contributed by atoms with Crippen LogP contribution in [-0.2, 0) is 0 Å². The van der Waals surface area contributed by atoms with E-state index in [-0.39, 0.29) is 10.6 Å². The van der Waals surface area contributed by atoms with E-state index in [0.29, 0.717) is 5.69 Å². The number of aliphatic hydroxyl groups is 3. The molecule has 20 heavy (non-hydrogen) atoms. The zero-order valence-electron chi connectivity index (χ0n) is 11.1. The van der Waals surface area contributed by atoms with Gasteiger partial charge in [0.2, 0.25) is 0 Å². The van der Waals surface area contributed by atoms with E-state index < -0.39 is 37.0 Å². The molecule has 0 spiro atoms. The molecular formula is C11H17N3O5S. The van der Waals surface area contributed by atoms with Gasteiger partial charge in [-0.05, 0) is 13.2 Å². The molecule has 0 aliphatic rings. The molecule has 0 radical (unpaired) electrons. The van der Waals surface area contributed by atoms with Crippen molar-refractivity contribution >= 4 is 17.7 Å². The highest BCUT2D eigenvalue weighted by Gasteiger charge is 2.32. The van der Waals surface area contributed by atoms with E-state index in [1.807, 2.05) is 0 Å². The van der Waals surface area contributed by atoms with Crippen LogP contribution in [0, 0.1) is 6.92 Å². The van der Waals surface area contributed by atoms with Gasteiger partial charge in [-0.2, -0.15) is 4.98 Å². The molecule has 1 aromatic heterocycles. The molecule has 0 unspecified atom stereocenters. The molecule has 1 heterocycles. The highest BCUT2D eigenvalue weighted by Crippen LogP contribution is 2.18. The van der Waals surface area contributed by atoms with Crippen molar-refractivity contribution < 1.29 is 20.1 Å². The Bertz CT molecular complexity index is 533. The Morgan fingerprint density at radius 3 is 2.35 bits per heavy atom. The largest absolute Gasteiger partial charge is 0.394 e. The second kappa shape index (κ2) is 6.84. The van der Waals surface area contributed by atoms with E-state index in [2.05, 4.69) is 15.3 Å². The zero-order valence-corrected chi connectivity index (χ0v) is 12.0. The second-order valence-electron chi connectivity index (χ2n) is 4.26. The molecule has 0 aliphatic heterocycles. The lowest BCUT2D eigenvalue weighted by Gasteiger charge is -2.29. The minimum absolute atomic E-state index is 0.136. The quantitative estimate of drug-likeness (QED) is 0.310. The third-order valence-electron chi connectivity index (χ3n) is 2.79. The van der Waals surface area contributed by atoms with Gasteiger partial charge < -0.3 is 25.6 Å². The molecule has 0 saturated heterocycles. The fourth-order valence-electron chi connectivity index (χ4n) is 1.55. The van der Waals surface area contributed by atoms with Crippen molar-refractivity contribution in [2.75, 3.05) is 26.1 Å². The van der Waals surface area contributed by atoms with Gasteiger partial charge in [0.25, 0.3) is 5.91 Å². The van der Waals surface area contributed by atoms with Crippen LogP contribution in [0.2, 0.25) is 0 Å². The summed E-state index contributed by atoms with van der Waals surface area (Å²) < 4.78 is 0. The smallest absolute Gasteiger partial charge is 0.346 e. The van der Waals surface area contributed by atoms with Crippen molar-refractivity contribution in [3.05, 3.63) is 21.7 Å². The van der Waals surface area contributed by atoms with E-state index in [4.69, 9.17) is 0 Å². The van der Waals surface area contributed by atoms with Crippen LogP contribution in [0.4, 0.5) is 0 Å². The van der Waals surface area contributed by atoms with E-state index in [1.54, 1.807) is 6.26 Å². The minimum Gasteiger partial charge on any atom is -0.394 e. The third kappa shape index (κ3) is 3.37. The average molecular weight is 303 g/mol. The summed E-state index contributed by atoms with van der Waals surface area (Å²) in [6.45, 7) is -0.348. The molecule has 1 aromatic rings. The molecule has 1 amide bonds. The number of H-pyrrole nitrogens is 1. The minimum atomic E-state index is -1.53. The Morgan fingerprint density at radius 2 is 1.90 bits per heavy atom. The van der Waals surface area contributed by atoms with Crippen LogP contribution in [0.1, 0.15) is 16.1 Å². The predicted molar refractivity (Wildman–Crippen MR) is 72.8 cm³/mol. The Morgan fingerprint density at radius 1 is 1.35 bits per heavy atom. The summed E-state index contributed by atoms with van der Waals surface area (Å²) in [7, 11) is 0. The lowest BCUT2D eigenvalue weighted by Crippen LogP contribution is -2.57. The van der Waals surface area contributed by atoms with Crippen LogP contribution in [0.5, 0.6) is 0 Å². The highest BCUT2D eigenvalue weighted by molar-refractivity contribution is 7.98. The maximum absolute atomic E-state index is 12.2. The number of aliphatic hydroxyl groups excluding tert-OH is 3. The first-order chi connectivity index (χ1) is 9.42. The second-order valence-corrected chi connectivity index (χ2v) is 5.05. The van der Waals surface area contributed by atoms with Gasteiger partial charge in [-0.25, -0.2) is 4.79 Å². The van der Waals surface area contributed by atoms with Crippen molar-refractivity contribution in [3.8, 4) is 0 Å². The van der Waals surface area contributed by atoms with Gasteiger partial charge in [-0.15, -0.1) is 11.8 Å². The summed E-state index contributed by atoms with van der Waals surface area (Å²) in [5, 5.41) is 30.2. The Balaban J connectivity index is 3.19. The molecular weight excluding hydrogens is 286 g/mol. The lowest BCUT2D eigenvalue weighted by atomic mass is 10.0. The number of amides is 1. The highest BCUT2D eigenvalue weighted by atomic mass is 32.2. The maximum Gasteiger partial charge on any atom is 0.346 e. The summed E-state index contributed by atoms with van der Waals surface area (Å²) in [4.78, 5) is 29.6. The van der Waals surface area contributed by atoms with Gasteiger partial charge in [-0.1, -0.05) is 0 Å². The van der Waals surface area contributed by atoms with Crippen molar-refractivity contribution in [3.63, 3.8) is 0 Å². The number of aromatic nitrogens is 2. The lowest BCUT2D eigenvalue weighted by molar-refractivity contribution is 0.0373. The van der Waals surface area contributed by atoms with Gasteiger partial charge in [0, 0.05) is 5.69 Å². The van der Waals surface area contributed by atoms with Gasteiger partial charge in [-0.3, -0.25) is 4.79 Å². The normalized spacial score (nSPS) is 11.4. The molecule has 0 atom stereocenters. The van der Waals surface area contributed by atoms with Crippen LogP contribution in [0.15, 0.2) is 9.82 Å². The van der Waals surface area contributed by atoms with Crippen molar-refractivity contribution in [1.82, 2.24) is 15.3 Å². The summed E-state index contributed by atoms with van der Waals surface area (Å²) in [5.74, 6) is -0.646. The van der Waals surface area contributed by atoms with E-state index in [1.165, 1.54) is 6.92 Å². The first-order valence-electron chi connectivity index (χ1n) is 5.73. The number of rotatable bonds is 6. The number of aromatic amines is 1. The number of hydrogen-bond donors (Lipinski definition) is 5. The summed E-state index contributed by atoms with van der Waals surface area (Å²) in [6.07, 6.45) is 1.66. The zero-order chi connectivity index (χ0) is 15.3. The summed E-state index contributed by atoms with van der Waals surface area (Å²) in [6, 6.07) is 0. The number of thioether (sulfide) groups is 1. The standard InChI is InChI=1S/C11H17N3O5S/c1-6-7(9(20-2)13-10(19)12-6)8(18)14-11(3-15,4-16)5-17/h15-17H,3-5H2,1-2H3,(H,14,18)(H,12,13,19). The topological polar surface area (TPSA) is 136 Å². The first kappa shape index (κ1) is 16.6. The number of carbonyl (C=O) groups is 1. The van der Waals surface area contributed by atoms with Gasteiger partial charge in [0.15, 0.2) is 0 Å². The molecule has 112 valence electrons. The van der Waals surface area contributed by atoms with Crippen LogP contribution < -0.4 is 11.0 Å². The van der Waals surface area contributed by atoms with Crippen molar-refractivity contribution in [2.45, 2.75) is 17.5 Å². The third-order valence-corrected chi connectivity index (χ3v) is 3.48. The number of nitrogens with one attached hydrogen (secondary N) is 2. The fraction of sp³-hybridized carbons (Fsp3) is 0.545. The number of carbonyl (C=O) groups excluding carboxylic acids is 1. The fourth-order valence-corrected chi connectivity index (χ4v) is 2.17. The molecule has 9 heteroatoms. The SMILES string of the molecule is CSc1nc(=O)[nH]c(C)c1C(=O)NC(CO)(CO)CO. The van der Waals surface area contributed by atoms with Gasteiger partial charge in [0.1, 0.15) is 10.6 Å². The van der Waals surface area contributed by atoms with E-state index in [9.17, 15) is 24.9 Å². The van der Waals surface area contributed by atoms with E-state index in [0.717, 1.165) is 11.8 Å². The Hall–Kier alpha value is -1.42. The molecule has 5 N–H and O–H groups in total. The predicted octanol–water partition coefficient (Wildman–Crippen LogP) is -1.75. The number of nitrogens with zero attached hydrogens (tertiary/aromatic N) is 1. The summed E-state index contributed by atoms with van der Waals surface area (Å²) in [5.41, 5.74) is -1.65. The maximum atomic E-state index is 12.2. The molecule has 0 fully saturated rings. The Kier molecular flexibility index (Phi) is 5.69. The van der Waals surface area contributed by atoms with Crippen molar-refractivity contribution in [2.24, 2.45) is 0 Å². The molecule has 8 nitrogen and oxygen atoms in total. The summed E-state index contributed by atoms with van der Waals surface area (Å²) >= 11 is 1.12. The molecule has 1 rings (SSSR count). The molecule has 0 saturated carbocycles. The first-order valence-corrected chi connectivity index (χ1v) is 6.95. The van der Waals surface area contributed by atoms with Crippen molar-refractivity contribution in [1.29, 1.82) is 0 Å². The van der Waals surface area contributed by atoms with Crippen LogP contribution in [0.25, 0.3) is 0 Å². The number of aryl methyl sites for hydroxylation is 1. The van der Waals surface area contributed by atoms with E-state index >= 15 is 0 Å². The van der Waals surface area contributed by atoms with Gasteiger partial charge in [0.05, 0.1) is 25.4 Å². The van der Waals surface area contributed by atoms with Crippen LogP contribution in [0.3, 0.4) is 0 Å². The average Bonchev–Trinajstić information content (AvgIpc) is 2.43. The van der Waals surface area contributed by atoms with Crippen LogP contribution >= 0.6 is 11.8 Å². The number of hydrogen-bond acceptors (Lipinski definition) is 7. The Labute approximate surface area is 119 Å².